The van der Waals surface area contributed by atoms with Gasteiger partial charge in [0.25, 0.3) is 5.91 Å². The molecule has 0 aliphatic carbocycles. The number of carbonyl (C=O) groups excluding carboxylic acids is 1. The number of alkyl halides is 6. The number of hydrogen-bond acceptors (Lipinski definition) is 7. The molecule has 0 bridgehead atoms. The molecule has 1 saturated heterocycles. The third kappa shape index (κ3) is 6.42. The molecule has 3 heterocycles. The first-order valence-corrected chi connectivity index (χ1v) is 12.7. The molecule has 1 fully saturated rings. The Morgan fingerprint density at radius 3 is 2.54 bits per heavy atom. The van der Waals surface area contributed by atoms with Crippen LogP contribution in [0.3, 0.4) is 0 Å². The van der Waals surface area contributed by atoms with Crippen molar-refractivity contribution in [3.05, 3.63) is 65.9 Å². The fourth-order valence-corrected chi connectivity index (χ4v) is 4.98. The van der Waals surface area contributed by atoms with E-state index in [0.717, 1.165) is 5.69 Å². The highest BCUT2D eigenvalue weighted by Crippen LogP contribution is 2.40. The first-order chi connectivity index (χ1) is 19.4. The molecular formula is C27H26F6N6O2. The van der Waals surface area contributed by atoms with Gasteiger partial charge in [0.2, 0.25) is 0 Å². The van der Waals surface area contributed by atoms with Gasteiger partial charge < -0.3 is 25.6 Å². The predicted molar refractivity (Wildman–Crippen MR) is 141 cm³/mol. The summed E-state index contributed by atoms with van der Waals surface area (Å²) in [5.74, 6) is 0.139. The van der Waals surface area contributed by atoms with Crippen molar-refractivity contribution in [2.24, 2.45) is 0 Å². The van der Waals surface area contributed by atoms with E-state index in [1.165, 1.54) is 30.1 Å². The number of pyridine rings is 1. The second-order valence-electron chi connectivity index (χ2n) is 9.68. The highest BCUT2D eigenvalue weighted by atomic mass is 19.4. The van der Waals surface area contributed by atoms with Crippen LogP contribution >= 0.6 is 0 Å². The number of carbonyl (C=O) groups is 1. The van der Waals surface area contributed by atoms with Crippen LogP contribution in [0.1, 0.15) is 15.9 Å². The number of nitrogens with one attached hydrogen (secondary N) is 3. The molecule has 8 nitrogen and oxygen atoms in total. The van der Waals surface area contributed by atoms with Crippen LogP contribution in [0.25, 0.3) is 0 Å². The lowest BCUT2D eigenvalue weighted by Crippen LogP contribution is -2.58. The Balaban J connectivity index is 1.36. The lowest BCUT2D eigenvalue weighted by atomic mass is 10.1. The van der Waals surface area contributed by atoms with Gasteiger partial charge in [0, 0.05) is 50.7 Å². The van der Waals surface area contributed by atoms with Crippen molar-refractivity contribution in [1.82, 2.24) is 15.2 Å². The summed E-state index contributed by atoms with van der Waals surface area (Å²) in [6, 6.07) is 12.3. The van der Waals surface area contributed by atoms with E-state index in [2.05, 4.69) is 20.9 Å². The average molecular weight is 581 g/mol. The standard InChI is InChI=1S/C27H26F6N6O2/c1-34-25(40)18-4-2-3-5-20(18)37-21-11-24(35-12-19(21)27(31,32)33)36-16-6-7-22-23(10-16)41-14-17-13-38(8-9-39(17)22)15-26(28,29)30/h2-7,10-12,17H,8-9,13-15H2,1H3,(H,34,40)(H2,35,36,37). The largest absolute Gasteiger partial charge is 0.489 e. The minimum Gasteiger partial charge on any atom is -0.489 e. The summed E-state index contributed by atoms with van der Waals surface area (Å²) in [6.07, 6.45) is -8.28. The number of ether oxygens (including phenoxy) is 1. The Morgan fingerprint density at radius 2 is 1.80 bits per heavy atom. The number of halogens is 6. The van der Waals surface area contributed by atoms with Gasteiger partial charge in [-0.25, -0.2) is 4.98 Å². The Morgan fingerprint density at radius 1 is 1.02 bits per heavy atom. The van der Waals surface area contributed by atoms with Crippen LogP contribution in [0.5, 0.6) is 5.75 Å². The third-order valence-electron chi connectivity index (χ3n) is 6.82. The topological polar surface area (TPSA) is 81.8 Å². The van der Waals surface area contributed by atoms with Crippen molar-refractivity contribution in [3.63, 3.8) is 0 Å². The molecule has 0 radical (unpaired) electrons. The number of aromatic nitrogens is 1. The van der Waals surface area contributed by atoms with Gasteiger partial charge in [0.15, 0.2) is 0 Å². The van der Waals surface area contributed by atoms with Crippen LogP contribution < -0.4 is 25.6 Å². The molecule has 1 atom stereocenters. The van der Waals surface area contributed by atoms with Crippen LogP contribution in [0, 0.1) is 0 Å². The maximum atomic E-state index is 13.8. The fraction of sp³-hybridized carbons (Fsp3) is 0.333. The average Bonchev–Trinajstić information content (AvgIpc) is 2.91. The maximum Gasteiger partial charge on any atom is 0.419 e. The lowest BCUT2D eigenvalue weighted by molar-refractivity contribution is -0.147. The summed E-state index contributed by atoms with van der Waals surface area (Å²) >= 11 is 0. The summed E-state index contributed by atoms with van der Waals surface area (Å²) in [4.78, 5) is 19.5. The van der Waals surface area contributed by atoms with Crippen LogP contribution in [0.2, 0.25) is 0 Å². The first-order valence-electron chi connectivity index (χ1n) is 12.7. The van der Waals surface area contributed by atoms with Crippen LogP contribution in [-0.4, -0.2) is 67.8 Å². The molecule has 1 amide bonds. The molecular weight excluding hydrogens is 554 g/mol. The molecule has 2 aliphatic heterocycles. The molecule has 14 heteroatoms. The number of piperazine rings is 1. The van der Waals surface area contributed by atoms with E-state index >= 15 is 0 Å². The number of nitrogens with zero attached hydrogens (tertiary/aromatic N) is 3. The van der Waals surface area contributed by atoms with E-state index in [1.807, 2.05) is 4.90 Å². The second-order valence-corrected chi connectivity index (χ2v) is 9.68. The highest BCUT2D eigenvalue weighted by Gasteiger charge is 2.38. The molecule has 2 aliphatic rings. The molecule has 2 aromatic carbocycles. The van der Waals surface area contributed by atoms with Crippen LogP contribution in [-0.2, 0) is 6.18 Å². The summed E-state index contributed by atoms with van der Waals surface area (Å²) in [6.45, 7) is 0.0947. The first kappa shape index (κ1) is 28.3. The smallest absolute Gasteiger partial charge is 0.419 e. The van der Waals surface area contributed by atoms with E-state index < -0.39 is 30.4 Å². The van der Waals surface area contributed by atoms with Gasteiger partial charge in [-0.2, -0.15) is 26.3 Å². The van der Waals surface area contributed by atoms with E-state index in [0.29, 0.717) is 24.2 Å². The molecule has 218 valence electrons. The van der Waals surface area contributed by atoms with Gasteiger partial charge in [0.1, 0.15) is 18.2 Å². The van der Waals surface area contributed by atoms with E-state index in [4.69, 9.17) is 4.74 Å². The predicted octanol–water partition coefficient (Wildman–Crippen LogP) is 5.39. The Bertz CT molecular complexity index is 1430. The number of hydrogen-bond donors (Lipinski definition) is 3. The molecule has 3 aromatic rings. The lowest BCUT2D eigenvalue weighted by Gasteiger charge is -2.45. The SMILES string of the molecule is CNC(=O)c1ccccc1Nc1cc(Nc2ccc3c(c2)OCC2CN(CC(F)(F)F)CCN32)ncc1C(F)(F)F. The maximum absolute atomic E-state index is 13.8. The van der Waals surface area contributed by atoms with Crippen molar-refractivity contribution in [3.8, 4) is 5.75 Å². The van der Waals surface area contributed by atoms with Gasteiger partial charge in [-0.05, 0) is 24.3 Å². The summed E-state index contributed by atoms with van der Waals surface area (Å²) in [5, 5.41) is 8.16. The molecule has 1 unspecified atom stereocenters. The number of para-hydroxylation sites is 1. The summed E-state index contributed by atoms with van der Waals surface area (Å²) < 4.78 is 85.8. The van der Waals surface area contributed by atoms with Gasteiger partial charge in [-0.1, -0.05) is 12.1 Å². The summed E-state index contributed by atoms with van der Waals surface area (Å²) in [5.41, 5.74) is 0.244. The number of rotatable bonds is 6. The van der Waals surface area contributed by atoms with E-state index in [1.54, 1.807) is 30.3 Å². The summed E-state index contributed by atoms with van der Waals surface area (Å²) in [7, 11) is 1.42. The minimum atomic E-state index is -4.71. The van der Waals surface area contributed by atoms with Gasteiger partial charge in [0.05, 0.1) is 40.8 Å². The molecule has 5 rings (SSSR count). The fourth-order valence-electron chi connectivity index (χ4n) is 4.98. The molecule has 3 N–H and O–H groups in total. The Labute approximate surface area is 231 Å². The van der Waals surface area contributed by atoms with Crippen LogP contribution in [0.15, 0.2) is 54.7 Å². The van der Waals surface area contributed by atoms with Gasteiger partial charge in [-0.3, -0.25) is 9.69 Å². The van der Waals surface area contributed by atoms with Gasteiger partial charge >= 0.3 is 12.4 Å². The van der Waals surface area contributed by atoms with Crippen molar-refractivity contribution >= 4 is 34.5 Å². The number of fused-ring (bicyclic) bond motifs is 3. The minimum absolute atomic E-state index is 0.104. The highest BCUT2D eigenvalue weighted by molar-refractivity contribution is 6.00. The zero-order valence-corrected chi connectivity index (χ0v) is 21.7. The van der Waals surface area contributed by atoms with Crippen molar-refractivity contribution < 1.29 is 35.9 Å². The molecule has 0 spiro atoms. The number of benzene rings is 2. The monoisotopic (exact) mass is 580 g/mol. The second kappa shape index (κ2) is 11.0. The number of amides is 1. The van der Waals surface area contributed by atoms with E-state index in [9.17, 15) is 31.1 Å². The zero-order valence-electron chi connectivity index (χ0n) is 21.7. The van der Waals surface area contributed by atoms with Crippen molar-refractivity contribution in [2.45, 2.75) is 18.4 Å². The zero-order chi connectivity index (χ0) is 29.4. The number of anilines is 5. The van der Waals surface area contributed by atoms with Gasteiger partial charge in [-0.15, -0.1) is 0 Å². The van der Waals surface area contributed by atoms with Crippen molar-refractivity contribution in [2.75, 3.05) is 55.4 Å². The molecule has 0 saturated carbocycles. The molecule has 1 aromatic heterocycles. The quantitative estimate of drug-likeness (QED) is 0.338. The van der Waals surface area contributed by atoms with E-state index in [-0.39, 0.29) is 48.5 Å². The third-order valence-corrected chi connectivity index (χ3v) is 6.82. The Kier molecular flexibility index (Phi) is 7.60. The van der Waals surface area contributed by atoms with Crippen molar-refractivity contribution in [1.29, 1.82) is 0 Å². The van der Waals surface area contributed by atoms with Crippen LogP contribution in [0.4, 0.5) is 54.9 Å². The normalized spacial score (nSPS) is 17.2. The molecule has 41 heavy (non-hydrogen) atoms. The Hall–Kier alpha value is -4.20.